The molecule has 1 amide bonds. The number of rotatable bonds is 8. The SMILES string of the molecule is N=C(CNC(=O)C1CCN(S(=O)(=O)c2ccc(Cn3ccccc3=O)cc2)C1)c1cccc(Cl)c1. The first-order valence-corrected chi connectivity index (χ1v) is 12.9. The van der Waals surface area contributed by atoms with Gasteiger partial charge in [-0.1, -0.05) is 41.9 Å². The van der Waals surface area contributed by atoms with E-state index < -0.39 is 15.9 Å². The van der Waals surface area contributed by atoms with Crippen molar-refractivity contribution in [2.75, 3.05) is 19.6 Å². The minimum Gasteiger partial charge on any atom is -0.350 e. The normalized spacial score (nSPS) is 16.2. The number of carbonyl (C=O) groups excluding carboxylic acids is 1. The highest BCUT2D eigenvalue weighted by molar-refractivity contribution is 7.89. The molecule has 35 heavy (non-hydrogen) atoms. The Morgan fingerprint density at radius 2 is 1.86 bits per heavy atom. The third kappa shape index (κ3) is 5.87. The molecule has 1 saturated heterocycles. The molecule has 8 nitrogen and oxygen atoms in total. The zero-order valence-electron chi connectivity index (χ0n) is 18.9. The molecule has 0 bridgehead atoms. The highest BCUT2D eigenvalue weighted by atomic mass is 35.5. The lowest BCUT2D eigenvalue weighted by Crippen LogP contribution is -2.37. The Balaban J connectivity index is 1.35. The van der Waals surface area contributed by atoms with Crippen LogP contribution in [-0.4, -0.2) is 48.5 Å². The van der Waals surface area contributed by atoms with Gasteiger partial charge in [0.15, 0.2) is 0 Å². The summed E-state index contributed by atoms with van der Waals surface area (Å²) in [6, 6.07) is 18.2. The fraction of sp³-hybridized carbons (Fsp3) is 0.240. The summed E-state index contributed by atoms with van der Waals surface area (Å²) in [7, 11) is -3.75. The number of nitrogens with zero attached hydrogens (tertiary/aromatic N) is 2. The number of halogens is 1. The van der Waals surface area contributed by atoms with Crippen LogP contribution in [0.2, 0.25) is 5.02 Å². The molecule has 0 spiro atoms. The average molecular weight is 513 g/mol. The van der Waals surface area contributed by atoms with Gasteiger partial charge in [0.05, 0.1) is 29.6 Å². The predicted octanol–water partition coefficient (Wildman–Crippen LogP) is 2.74. The number of sulfonamides is 1. The van der Waals surface area contributed by atoms with E-state index in [4.69, 9.17) is 17.0 Å². The van der Waals surface area contributed by atoms with Gasteiger partial charge in [-0.3, -0.25) is 9.59 Å². The first kappa shape index (κ1) is 24.8. The van der Waals surface area contributed by atoms with E-state index in [0.29, 0.717) is 23.6 Å². The van der Waals surface area contributed by atoms with Gasteiger partial charge in [-0.05, 0) is 47.9 Å². The maximum Gasteiger partial charge on any atom is 0.250 e. The van der Waals surface area contributed by atoms with Crippen molar-refractivity contribution >= 4 is 33.2 Å². The Morgan fingerprint density at radius 1 is 1.09 bits per heavy atom. The van der Waals surface area contributed by atoms with Crippen molar-refractivity contribution in [3.8, 4) is 0 Å². The van der Waals surface area contributed by atoms with Gasteiger partial charge < -0.3 is 15.3 Å². The largest absolute Gasteiger partial charge is 0.350 e. The van der Waals surface area contributed by atoms with Crippen LogP contribution in [0.4, 0.5) is 0 Å². The minimum atomic E-state index is -3.75. The second-order valence-electron chi connectivity index (χ2n) is 8.37. The van der Waals surface area contributed by atoms with Crippen LogP contribution in [-0.2, 0) is 21.4 Å². The van der Waals surface area contributed by atoms with Gasteiger partial charge in [-0.15, -0.1) is 0 Å². The molecule has 1 unspecified atom stereocenters. The van der Waals surface area contributed by atoms with Crippen LogP contribution in [0.3, 0.4) is 0 Å². The van der Waals surface area contributed by atoms with E-state index in [0.717, 1.165) is 5.56 Å². The summed E-state index contributed by atoms with van der Waals surface area (Å²) < 4.78 is 29.1. The number of aromatic nitrogens is 1. The summed E-state index contributed by atoms with van der Waals surface area (Å²) in [5.41, 5.74) is 1.52. The van der Waals surface area contributed by atoms with Crippen LogP contribution in [0.1, 0.15) is 17.5 Å². The van der Waals surface area contributed by atoms with E-state index >= 15 is 0 Å². The fourth-order valence-corrected chi connectivity index (χ4v) is 5.65. The molecule has 1 fully saturated rings. The second-order valence-corrected chi connectivity index (χ2v) is 10.7. The van der Waals surface area contributed by atoms with Crippen LogP contribution in [0, 0.1) is 11.3 Å². The van der Waals surface area contributed by atoms with Crippen LogP contribution in [0.15, 0.2) is 82.6 Å². The van der Waals surface area contributed by atoms with Crippen molar-refractivity contribution in [2.45, 2.75) is 17.9 Å². The molecular formula is C25H25ClN4O4S. The molecule has 182 valence electrons. The maximum absolute atomic E-state index is 13.1. The summed E-state index contributed by atoms with van der Waals surface area (Å²) in [6.07, 6.45) is 2.09. The second kappa shape index (κ2) is 10.6. The summed E-state index contributed by atoms with van der Waals surface area (Å²) in [4.78, 5) is 24.7. The van der Waals surface area contributed by atoms with Crippen molar-refractivity contribution in [3.05, 3.63) is 99.4 Å². The van der Waals surface area contributed by atoms with Crippen molar-refractivity contribution in [3.63, 3.8) is 0 Å². The van der Waals surface area contributed by atoms with Crippen LogP contribution >= 0.6 is 11.6 Å². The van der Waals surface area contributed by atoms with Gasteiger partial charge in [-0.2, -0.15) is 4.31 Å². The smallest absolute Gasteiger partial charge is 0.250 e. The zero-order valence-corrected chi connectivity index (χ0v) is 20.4. The van der Waals surface area contributed by atoms with Crippen LogP contribution < -0.4 is 10.9 Å². The molecule has 1 atom stereocenters. The summed E-state index contributed by atoms with van der Waals surface area (Å²) in [5.74, 6) is -0.765. The lowest BCUT2D eigenvalue weighted by atomic mass is 10.1. The van der Waals surface area contributed by atoms with Gasteiger partial charge in [0, 0.05) is 30.4 Å². The Labute approximate surface area is 208 Å². The van der Waals surface area contributed by atoms with Crippen LogP contribution in [0.25, 0.3) is 0 Å². The van der Waals surface area contributed by atoms with Crippen molar-refractivity contribution in [2.24, 2.45) is 5.92 Å². The standard InChI is InChI=1S/C25H25ClN4O4S/c26-21-5-3-4-19(14-21)23(27)15-28-25(32)20-11-13-30(17-20)35(33,34)22-9-7-18(8-10-22)16-29-12-2-1-6-24(29)31/h1-10,12,14,20,27H,11,13,15-17H2,(H,28,32). The third-order valence-electron chi connectivity index (χ3n) is 5.95. The summed E-state index contributed by atoms with van der Waals surface area (Å²) >= 11 is 5.96. The van der Waals surface area contributed by atoms with Gasteiger partial charge in [0.1, 0.15) is 0 Å². The highest BCUT2D eigenvalue weighted by Crippen LogP contribution is 2.25. The van der Waals surface area contributed by atoms with Gasteiger partial charge in [-0.25, -0.2) is 8.42 Å². The first-order valence-electron chi connectivity index (χ1n) is 11.1. The molecule has 1 aliphatic rings. The monoisotopic (exact) mass is 512 g/mol. The van der Waals surface area contributed by atoms with E-state index in [1.807, 2.05) is 0 Å². The topological polar surface area (TPSA) is 112 Å². The Kier molecular flexibility index (Phi) is 7.49. The molecular weight excluding hydrogens is 488 g/mol. The molecule has 0 radical (unpaired) electrons. The lowest BCUT2D eigenvalue weighted by Gasteiger charge is -2.17. The zero-order chi connectivity index (χ0) is 25.0. The Bertz CT molecular complexity index is 1400. The number of carbonyl (C=O) groups is 1. The Hall–Kier alpha value is -3.27. The molecule has 10 heteroatoms. The van der Waals surface area contributed by atoms with E-state index in [2.05, 4.69) is 5.32 Å². The number of benzene rings is 2. The summed E-state index contributed by atoms with van der Waals surface area (Å²) in [5, 5.41) is 11.4. The molecule has 3 aromatic rings. The Morgan fingerprint density at radius 3 is 2.57 bits per heavy atom. The molecule has 2 aromatic carbocycles. The number of hydrogen-bond acceptors (Lipinski definition) is 5. The van der Waals surface area contributed by atoms with Crippen LogP contribution in [0.5, 0.6) is 0 Å². The molecule has 2 heterocycles. The predicted molar refractivity (Wildman–Crippen MR) is 134 cm³/mol. The molecule has 0 aliphatic carbocycles. The van der Waals surface area contributed by atoms with Gasteiger partial charge >= 0.3 is 0 Å². The molecule has 0 saturated carbocycles. The summed E-state index contributed by atoms with van der Waals surface area (Å²) in [6.45, 7) is 0.706. The van der Waals surface area contributed by atoms with E-state index in [9.17, 15) is 18.0 Å². The van der Waals surface area contributed by atoms with Gasteiger partial charge in [0.2, 0.25) is 15.9 Å². The third-order valence-corrected chi connectivity index (χ3v) is 8.06. The van der Waals surface area contributed by atoms with E-state index in [1.165, 1.54) is 22.5 Å². The van der Waals surface area contributed by atoms with E-state index in [-0.39, 0.29) is 41.7 Å². The number of hydrogen-bond donors (Lipinski definition) is 2. The average Bonchev–Trinajstić information content (AvgIpc) is 3.36. The lowest BCUT2D eigenvalue weighted by molar-refractivity contribution is -0.124. The molecule has 4 rings (SSSR count). The minimum absolute atomic E-state index is 0.0361. The first-order chi connectivity index (χ1) is 16.7. The fourth-order valence-electron chi connectivity index (χ4n) is 3.96. The van der Waals surface area contributed by atoms with E-state index in [1.54, 1.807) is 59.3 Å². The molecule has 2 N–H and O–H groups in total. The number of amides is 1. The van der Waals surface area contributed by atoms with Gasteiger partial charge in [0.25, 0.3) is 5.56 Å². The highest BCUT2D eigenvalue weighted by Gasteiger charge is 2.35. The molecule has 1 aliphatic heterocycles. The van der Waals surface area contributed by atoms with Crippen molar-refractivity contribution in [1.29, 1.82) is 5.41 Å². The van der Waals surface area contributed by atoms with Crippen molar-refractivity contribution in [1.82, 2.24) is 14.2 Å². The quantitative estimate of drug-likeness (QED) is 0.452. The maximum atomic E-state index is 13.1. The molecule has 1 aromatic heterocycles. The van der Waals surface area contributed by atoms with Crippen molar-refractivity contribution < 1.29 is 13.2 Å². The number of pyridine rings is 1. The number of nitrogens with one attached hydrogen (secondary N) is 2.